The lowest BCUT2D eigenvalue weighted by Crippen LogP contribution is -2.41. The molecule has 1 saturated heterocycles. The second-order valence-electron chi connectivity index (χ2n) is 7.47. The van der Waals surface area contributed by atoms with Crippen LogP contribution in [0.25, 0.3) is 0 Å². The van der Waals surface area contributed by atoms with Crippen LogP contribution < -0.4 is 0 Å². The van der Waals surface area contributed by atoms with E-state index in [1.165, 1.54) is 4.68 Å². The minimum atomic E-state index is -0.930. The number of hydrogen-bond donors (Lipinski definition) is 1. The summed E-state index contributed by atoms with van der Waals surface area (Å²) in [6, 6.07) is 0. The molecule has 0 aromatic carbocycles. The zero-order chi connectivity index (χ0) is 23.8. The number of carbonyl (C=O) groups excluding carboxylic acids is 2. The Hall–Kier alpha value is -2.52. The van der Waals surface area contributed by atoms with Gasteiger partial charge in [0.1, 0.15) is 24.0 Å². The molecule has 0 aliphatic carbocycles. The van der Waals surface area contributed by atoms with Crippen LogP contribution in [0.5, 0.6) is 0 Å². The first-order chi connectivity index (χ1) is 15.2. The van der Waals surface area contributed by atoms with Gasteiger partial charge in [-0.25, -0.2) is 14.3 Å². The summed E-state index contributed by atoms with van der Waals surface area (Å²) in [5.41, 5.74) is -0.176. The van der Waals surface area contributed by atoms with Crippen LogP contribution in [-0.4, -0.2) is 82.4 Å². The highest BCUT2D eigenvalue weighted by atomic mass is 16.6. The van der Waals surface area contributed by atoms with Gasteiger partial charge in [-0.1, -0.05) is 5.21 Å². The summed E-state index contributed by atoms with van der Waals surface area (Å²) in [6.07, 6.45) is -3.33. The van der Waals surface area contributed by atoms with Crippen molar-refractivity contribution in [1.82, 2.24) is 15.0 Å². The van der Waals surface area contributed by atoms with E-state index in [-0.39, 0.29) is 43.4 Å². The molecule has 4 atom stereocenters. The first kappa shape index (κ1) is 25.7. The summed E-state index contributed by atoms with van der Waals surface area (Å²) in [5.74, 6) is 3.39. The SMILES string of the molecule is CCOC(=O)C#Cc1c(C(=O)OCC)nnn1[C@H]1O[C@@H](CO)[C@H](OC(C)C)[C@@H]1OC(C)C. The second kappa shape index (κ2) is 11.9. The largest absolute Gasteiger partial charge is 0.461 e. The standard InChI is InChI=1S/C21H31N3O8/c1-7-28-16(26)10-9-14-17(21(27)29-8-2)22-23-24(14)20-19(31-13(5)6)18(30-12(3)4)15(11-25)32-20/h12-13,15,18-20,25H,7-8,11H2,1-6H3/t15-,18-,19-,20-/m0/s1. The molecule has 1 fully saturated rings. The van der Waals surface area contributed by atoms with Crippen LogP contribution >= 0.6 is 0 Å². The van der Waals surface area contributed by atoms with Crippen LogP contribution in [-0.2, 0) is 28.5 Å². The smallest absolute Gasteiger partial charge is 0.384 e. The Bertz CT molecular complexity index is 842. The van der Waals surface area contributed by atoms with Gasteiger partial charge in [-0.15, -0.1) is 5.10 Å². The molecule has 178 valence electrons. The summed E-state index contributed by atoms with van der Waals surface area (Å²) >= 11 is 0. The number of aliphatic hydroxyl groups excluding tert-OH is 1. The van der Waals surface area contributed by atoms with Gasteiger partial charge < -0.3 is 28.8 Å². The topological polar surface area (TPSA) is 131 Å². The highest BCUT2D eigenvalue weighted by Crippen LogP contribution is 2.35. The molecule has 1 aromatic heterocycles. The molecular formula is C21H31N3O8. The monoisotopic (exact) mass is 453 g/mol. The molecule has 0 radical (unpaired) electrons. The van der Waals surface area contributed by atoms with Gasteiger partial charge in [0.05, 0.1) is 32.0 Å². The number of carbonyl (C=O) groups is 2. The van der Waals surface area contributed by atoms with E-state index in [0.29, 0.717) is 0 Å². The maximum atomic E-state index is 12.4. The van der Waals surface area contributed by atoms with Crippen LogP contribution in [0.3, 0.4) is 0 Å². The molecule has 0 unspecified atom stereocenters. The van der Waals surface area contributed by atoms with Crippen molar-refractivity contribution in [3.8, 4) is 11.8 Å². The summed E-state index contributed by atoms with van der Waals surface area (Å²) in [5, 5.41) is 17.8. The number of nitrogens with zero attached hydrogens (tertiary/aromatic N) is 3. The predicted octanol–water partition coefficient (Wildman–Crippen LogP) is 0.846. The number of aliphatic hydroxyl groups is 1. The number of ether oxygens (including phenoxy) is 5. The Morgan fingerprint density at radius 3 is 2.28 bits per heavy atom. The van der Waals surface area contributed by atoms with Crippen LogP contribution in [0.1, 0.15) is 64.0 Å². The summed E-state index contributed by atoms with van der Waals surface area (Å²) in [7, 11) is 0. The summed E-state index contributed by atoms with van der Waals surface area (Å²) in [6.45, 7) is 10.7. The van der Waals surface area contributed by atoms with E-state index in [2.05, 4.69) is 22.2 Å². The molecule has 0 saturated carbocycles. The molecule has 0 bridgehead atoms. The van der Waals surface area contributed by atoms with E-state index in [0.717, 1.165) is 0 Å². The Morgan fingerprint density at radius 2 is 1.72 bits per heavy atom. The van der Waals surface area contributed by atoms with Gasteiger partial charge in [0.25, 0.3) is 0 Å². The van der Waals surface area contributed by atoms with Crippen molar-refractivity contribution in [3.05, 3.63) is 11.4 Å². The van der Waals surface area contributed by atoms with E-state index in [1.54, 1.807) is 13.8 Å². The maximum absolute atomic E-state index is 12.4. The molecule has 0 amide bonds. The molecule has 1 aromatic rings. The van der Waals surface area contributed by atoms with Gasteiger partial charge in [0.15, 0.2) is 6.23 Å². The normalized spacial score (nSPS) is 22.7. The average Bonchev–Trinajstić information content (AvgIpc) is 3.27. The quantitative estimate of drug-likeness (QED) is 0.424. The lowest BCUT2D eigenvalue weighted by Gasteiger charge is -2.27. The molecular weight excluding hydrogens is 422 g/mol. The highest BCUT2D eigenvalue weighted by molar-refractivity contribution is 5.92. The number of aromatic nitrogens is 3. The minimum Gasteiger partial charge on any atom is -0.461 e. The first-order valence-corrected chi connectivity index (χ1v) is 10.6. The van der Waals surface area contributed by atoms with Gasteiger partial charge in [-0.2, -0.15) is 0 Å². The van der Waals surface area contributed by atoms with Crippen LogP contribution in [0.4, 0.5) is 0 Å². The Balaban J connectivity index is 2.54. The molecule has 1 aliphatic rings. The van der Waals surface area contributed by atoms with E-state index in [9.17, 15) is 14.7 Å². The zero-order valence-electron chi connectivity index (χ0n) is 19.2. The molecule has 1 aliphatic heterocycles. The molecule has 1 N–H and O–H groups in total. The lowest BCUT2D eigenvalue weighted by atomic mass is 10.1. The fourth-order valence-electron chi connectivity index (χ4n) is 3.19. The Morgan fingerprint density at radius 1 is 1.09 bits per heavy atom. The van der Waals surface area contributed by atoms with Crippen molar-refractivity contribution in [1.29, 1.82) is 0 Å². The van der Waals surface area contributed by atoms with E-state index in [1.807, 2.05) is 27.7 Å². The second-order valence-corrected chi connectivity index (χ2v) is 7.47. The highest BCUT2D eigenvalue weighted by Gasteiger charge is 2.49. The van der Waals surface area contributed by atoms with Crippen molar-refractivity contribution < 1.29 is 38.4 Å². The summed E-state index contributed by atoms with van der Waals surface area (Å²) in [4.78, 5) is 24.2. The predicted molar refractivity (Wildman–Crippen MR) is 111 cm³/mol. The van der Waals surface area contributed by atoms with Crippen LogP contribution in [0, 0.1) is 11.8 Å². The third-order valence-electron chi connectivity index (χ3n) is 4.29. The third-order valence-corrected chi connectivity index (χ3v) is 4.29. The van der Waals surface area contributed by atoms with Crippen molar-refractivity contribution in [2.24, 2.45) is 0 Å². The van der Waals surface area contributed by atoms with Gasteiger partial charge in [0.2, 0.25) is 5.69 Å². The fraction of sp³-hybridized carbons (Fsp3) is 0.714. The van der Waals surface area contributed by atoms with Crippen molar-refractivity contribution >= 4 is 11.9 Å². The maximum Gasteiger partial charge on any atom is 0.384 e. The van der Waals surface area contributed by atoms with Gasteiger partial charge in [-0.3, -0.25) is 0 Å². The number of rotatable bonds is 9. The average molecular weight is 453 g/mol. The van der Waals surface area contributed by atoms with Crippen LogP contribution in [0.2, 0.25) is 0 Å². The minimum absolute atomic E-state index is 0.000691. The van der Waals surface area contributed by atoms with Crippen molar-refractivity contribution in [2.45, 2.75) is 78.3 Å². The molecule has 32 heavy (non-hydrogen) atoms. The van der Waals surface area contributed by atoms with Crippen molar-refractivity contribution in [2.75, 3.05) is 19.8 Å². The van der Waals surface area contributed by atoms with Crippen molar-refractivity contribution in [3.63, 3.8) is 0 Å². The van der Waals surface area contributed by atoms with Gasteiger partial charge in [-0.05, 0) is 47.5 Å². The van der Waals surface area contributed by atoms with E-state index < -0.39 is 36.5 Å². The molecule has 11 nitrogen and oxygen atoms in total. The fourth-order valence-corrected chi connectivity index (χ4v) is 3.19. The number of esters is 2. The molecule has 11 heteroatoms. The van der Waals surface area contributed by atoms with Gasteiger partial charge in [0, 0.05) is 5.92 Å². The Kier molecular flexibility index (Phi) is 9.59. The molecule has 2 heterocycles. The van der Waals surface area contributed by atoms with E-state index in [4.69, 9.17) is 23.7 Å². The zero-order valence-corrected chi connectivity index (χ0v) is 19.2. The number of hydrogen-bond acceptors (Lipinski definition) is 10. The molecule has 2 rings (SSSR count). The summed E-state index contributed by atoms with van der Waals surface area (Å²) < 4.78 is 29.1. The third kappa shape index (κ3) is 6.26. The lowest BCUT2D eigenvalue weighted by molar-refractivity contribution is -0.136. The Labute approximate surface area is 187 Å². The first-order valence-electron chi connectivity index (χ1n) is 10.6. The van der Waals surface area contributed by atoms with Gasteiger partial charge >= 0.3 is 11.9 Å². The van der Waals surface area contributed by atoms with Crippen LogP contribution in [0.15, 0.2) is 0 Å². The van der Waals surface area contributed by atoms with E-state index >= 15 is 0 Å². The molecule has 0 spiro atoms.